The summed E-state index contributed by atoms with van der Waals surface area (Å²) < 4.78 is 22.7. The topological polar surface area (TPSA) is 160 Å². The maximum atomic E-state index is 13.3. The van der Waals surface area contributed by atoms with E-state index in [-0.39, 0.29) is 46.9 Å². The first kappa shape index (κ1) is 36.0. The monoisotopic (exact) mass is 695 g/mol. The molecule has 13 nitrogen and oxygen atoms in total. The van der Waals surface area contributed by atoms with E-state index in [4.69, 9.17) is 18.9 Å². The van der Waals surface area contributed by atoms with Crippen LogP contribution in [0.15, 0.2) is 41.6 Å². The van der Waals surface area contributed by atoms with Crippen molar-refractivity contribution >= 4 is 51.9 Å². The van der Waals surface area contributed by atoms with Crippen LogP contribution in [0.5, 0.6) is 11.5 Å². The number of benzene rings is 2. The molecule has 4 rings (SSSR count). The number of rotatable bonds is 14. The zero-order valence-corrected chi connectivity index (χ0v) is 29.3. The lowest BCUT2D eigenvalue weighted by molar-refractivity contribution is -0.113. The van der Waals surface area contributed by atoms with Gasteiger partial charge in [-0.25, -0.2) is 9.59 Å². The summed E-state index contributed by atoms with van der Waals surface area (Å²) in [6.07, 6.45) is 0. The third-order valence-corrected chi connectivity index (χ3v) is 9.33. The van der Waals surface area contributed by atoms with Crippen molar-refractivity contribution in [2.24, 2.45) is 0 Å². The molecule has 0 aliphatic heterocycles. The number of ether oxygens (including phenoxy) is 4. The zero-order chi connectivity index (χ0) is 35.0. The number of thiophene rings is 1. The lowest BCUT2D eigenvalue weighted by Crippen LogP contribution is -2.25. The van der Waals surface area contributed by atoms with Crippen molar-refractivity contribution in [3.8, 4) is 17.2 Å². The van der Waals surface area contributed by atoms with E-state index < -0.39 is 17.8 Å². The van der Waals surface area contributed by atoms with Crippen LogP contribution in [0.3, 0.4) is 0 Å². The predicted octanol–water partition coefficient (Wildman–Crippen LogP) is 5.29. The number of hydrogen-bond acceptors (Lipinski definition) is 12. The number of carbonyl (C=O) groups excluding carboxylic acids is 4. The molecule has 0 saturated heterocycles. The summed E-state index contributed by atoms with van der Waals surface area (Å²) >= 11 is 2.08. The molecule has 0 aliphatic carbocycles. The summed E-state index contributed by atoms with van der Waals surface area (Å²) in [6.45, 7) is 9.21. The molecule has 254 valence electrons. The number of anilines is 1. The Balaban J connectivity index is 1.58. The van der Waals surface area contributed by atoms with Crippen LogP contribution in [0.1, 0.15) is 66.7 Å². The van der Waals surface area contributed by atoms with Crippen LogP contribution in [0.25, 0.3) is 5.69 Å². The maximum absolute atomic E-state index is 13.3. The van der Waals surface area contributed by atoms with E-state index >= 15 is 0 Å². The summed E-state index contributed by atoms with van der Waals surface area (Å²) in [5.41, 5.74) is 3.60. The molecule has 0 saturated carbocycles. The molecule has 0 unspecified atom stereocenters. The van der Waals surface area contributed by atoms with Gasteiger partial charge < -0.3 is 29.6 Å². The highest BCUT2D eigenvalue weighted by Gasteiger charge is 2.28. The van der Waals surface area contributed by atoms with Gasteiger partial charge in [-0.3, -0.25) is 14.2 Å². The number of aryl methyl sites for hydroxylation is 1. The van der Waals surface area contributed by atoms with E-state index in [1.165, 1.54) is 14.2 Å². The number of carbonyl (C=O) groups is 4. The number of thioether (sulfide) groups is 1. The Kier molecular flexibility index (Phi) is 12.2. The standard InChI is InChI=1S/C33H37N5O8S2/c1-8-45-31(41)27-20(5)28(32(42)46-9-2)48-30(27)35-26(39)17-47-33-37-36-25(38(33)24-12-10-11-18(3)19(24)4)16-34-29(40)21-13-22(43-6)15-23(14-21)44-7/h10-15H,8-9,16-17H2,1-7H3,(H,34,40)(H,35,39). The summed E-state index contributed by atoms with van der Waals surface area (Å²) in [7, 11) is 3.01. The van der Waals surface area contributed by atoms with Crippen molar-refractivity contribution in [2.75, 3.05) is 38.5 Å². The quantitative estimate of drug-likeness (QED) is 0.130. The van der Waals surface area contributed by atoms with Crippen LogP contribution in [0.2, 0.25) is 0 Å². The van der Waals surface area contributed by atoms with Crippen molar-refractivity contribution in [1.29, 1.82) is 0 Å². The van der Waals surface area contributed by atoms with Crippen LogP contribution >= 0.6 is 23.1 Å². The first-order chi connectivity index (χ1) is 23.0. The van der Waals surface area contributed by atoms with E-state index in [1.807, 2.05) is 32.0 Å². The Bertz CT molecular complexity index is 1810. The van der Waals surface area contributed by atoms with Gasteiger partial charge in [0.2, 0.25) is 5.91 Å². The first-order valence-electron chi connectivity index (χ1n) is 14.9. The van der Waals surface area contributed by atoms with Gasteiger partial charge in [0, 0.05) is 11.6 Å². The normalized spacial score (nSPS) is 10.7. The number of nitrogens with zero attached hydrogens (tertiary/aromatic N) is 3. The number of esters is 2. The Morgan fingerprint density at radius 2 is 1.56 bits per heavy atom. The second kappa shape index (κ2) is 16.3. The second-order valence-electron chi connectivity index (χ2n) is 10.3. The highest BCUT2D eigenvalue weighted by atomic mass is 32.2. The molecular formula is C33H37N5O8S2. The van der Waals surface area contributed by atoms with E-state index in [1.54, 1.807) is 43.5 Å². The van der Waals surface area contributed by atoms with Gasteiger partial charge in [-0.1, -0.05) is 23.9 Å². The van der Waals surface area contributed by atoms with Crippen molar-refractivity contribution in [3.63, 3.8) is 0 Å². The molecule has 2 aromatic carbocycles. The van der Waals surface area contributed by atoms with E-state index in [0.717, 1.165) is 39.9 Å². The zero-order valence-electron chi connectivity index (χ0n) is 27.7. The lowest BCUT2D eigenvalue weighted by atomic mass is 10.1. The predicted molar refractivity (Wildman–Crippen MR) is 182 cm³/mol. The molecule has 2 N–H and O–H groups in total. The van der Waals surface area contributed by atoms with Crippen LogP contribution in [0, 0.1) is 20.8 Å². The van der Waals surface area contributed by atoms with Crippen LogP contribution in [0.4, 0.5) is 5.00 Å². The smallest absolute Gasteiger partial charge is 0.348 e. The molecule has 48 heavy (non-hydrogen) atoms. The third-order valence-electron chi connectivity index (χ3n) is 7.21. The lowest BCUT2D eigenvalue weighted by Gasteiger charge is -2.15. The Morgan fingerprint density at radius 1 is 0.896 bits per heavy atom. The Hall–Kier alpha value is -4.89. The number of methoxy groups -OCH3 is 2. The molecule has 0 radical (unpaired) electrons. The Labute approximate surface area is 286 Å². The number of nitrogens with one attached hydrogen (secondary N) is 2. The fourth-order valence-electron chi connectivity index (χ4n) is 4.66. The molecule has 4 aromatic rings. The maximum Gasteiger partial charge on any atom is 0.348 e. The number of hydrogen-bond donors (Lipinski definition) is 2. The van der Waals surface area contributed by atoms with Crippen molar-refractivity contribution in [3.05, 3.63) is 74.9 Å². The van der Waals surface area contributed by atoms with Crippen molar-refractivity contribution < 1.29 is 38.1 Å². The second-order valence-corrected chi connectivity index (χ2v) is 12.2. The fraction of sp³-hybridized carbons (Fsp3) is 0.333. The first-order valence-corrected chi connectivity index (χ1v) is 16.7. The fourth-order valence-corrected chi connectivity index (χ4v) is 6.53. The minimum Gasteiger partial charge on any atom is -0.497 e. The molecule has 0 bridgehead atoms. The number of aromatic nitrogens is 3. The molecular weight excluding hydrogens is 659 g/mol. The Morgan fingerprint density at radius 3 is 2.21 bits per heavy atom. The highest BCUT2D eigenvalue weighted by molar-refractivity contribution is 7.99. The van der Waals surface area contributed by atoms with E-state index in [2.05, 4.69) is 20.8 Å². The van der Waals surface area contributed by atoms with Gasteiger partial charge in [0.25, 0.3) is 5.91 Å². The van der Waals surface area contributed by atoms with Crippen LogP contribution in [-0.4, -0.2) is 71.7 Å². The average molecular weight is 696 g/mol. The molecule has 0 spiro atoms. The highest BCUT2D eigenvalue weighted by Crippen LogP contribution is 2.35. The van der Waals surface area contributed by atoms with Gasteiger partial charge in [0.1, 0.15) is 21.4 Å². The van der Waals surface area contributed by atoms with Crippen LogP contribution < -0.4 is 20.1 Å². The molecule has 0 aliphatic rings. The van der Waals surface area contributed by atoms with Gasteiger partial charge >= 0.3 is 11.9 Å². The summed E-state index contributed by atoms with van der Waals surface area (Å²) in [5, 5.41) is 14.9. The molecule has 2 amide bonds. The number of amides is 2. The van der Waals surface area contributed by atoms with Crippen LogP contribution in [-0.2, 0) is 20.8 Å². The minimum atomic E-state index is -0.654. The molecule has 0 fully saturated rings. The van der Waals surface area contributed by atoms with Gasteiger partial charge in [-0.2, -0.15) is 0 Å². The van der Waals surface area contributed by atoms with Crippen molar-refractivity contribution in [1.82, 2.24) is 20.1 Å². The molecule has 2 heterocycles. The largest absolute Gasteiger partial charge is 0.497 e. The summed E-state index contributed by atoms with van der Waals surface area (Å²) in [4.78, 5) is 51.9. The summed E-state index contributed by atoms with van der Waals surface area (Å²) in [6, 6.07) is 10.7. The van der Waals surface area contributed by atoms with Gasteiger partial charge in [0.05, 0.1) is 51.0 Å². The summed E-state index contributed by atoms with van der Waals surface area (Å²) in [5.74, 6) is -0.786. The molecule has 15 heteroatoms. The van der Waals surface area contributed by atoms with Gasteiger partial charge in [0.15, 0.2) is 11.0 Å². The SMILES string of the molecule is CCOC(=O)c1sc(NC(=O)CSc2nnc(CNC(=O)c3cc(OC)cc(OC)c3)n2-c2cccc(C)c2C)c(C(=O)OCC)c1C. The third kappa shape index (κ3) is 8.15. The van der Waals surface area contributed by atoms with E-state index in [9.17, 15) is 19.2 Å². The molecule has 2 aromatic heterocycles. The van der Waals surface area contributed by atoms with Gasteiger partial charge in [-0.05, 0) is 69.5 Å². The average Bonchev–Trinajstić information content (AvgIpc) is 3.63. The minimum absolute atomic E-state index is 0.0273. The molecule has 0 atom stereocenters. The van der Waals surface area contributed by atoms with Crippen molar-refractivity contribution in [2.45, 2.75) is 46.3 Å². The van der Waals surface area contributed by atoms with E-state index in [0.29, 0.717) is 33.6 Å². The van der Waals surface area contributed by atoms with Gasteiger partial charge in [-0.15, -0.1) is 21.5 Å².